The zero-order valence-electron chi connectivity index (χ0n) is 7.88. The maximum absolute atomic E-state index is 8.77. The highest BCUT2D eigenvalue weighted by Crippen LogP contribution is 2.19. The molecular formula is C11H8N4. The first-order valence-electron chi connectivity index (χ1n) is 4.36. The van der Waals surface area contributed by atoms with Crippen molar-refractivity contribution in [1.82, 2.24) is 9.61 Å². The van der Waals surface area contributed by atoms with E-state index in [2.05, 4.69) is 11.0 Å². The maximum atomic E-state index is 8.77. The largest absolute Gasteiger partial charge is 0.312 e. The van der Waals surface area contributed by atoms with Crippen LogP contribution in [0.4, 0.5) is 0 Å². The van der Waals surface area contributed by atoms with Crippen LogP contribution in [0, 0.1) is 23.7 Å². The molecule has 0 radical (unpaired) electrons. The van der Waals surface area contributed by atoms with Crippen molar-refractivity contribution in [2.24, 2.45) is 5.73 Å². The van der Waals surface area contributed by atoms with Crippen LogP contribution in [0.2, 0.25) is 0 Å². The molecule has 1 unspecified atom stereocenters. The molecule has 4 heteroatoms. The van der Waals surface area contributed by atoms with Gasteiger partial charge in [-0.25, -0.2) is 4.52 Å². The van der Waals surface area contributed by atoms with Gasteiger partial charge in [-0.2, -0.15) is 10.4 Å². The van der Waals surface area contributed by atoms with Crippen LogP contribution in [-0.2, 0) is 0 Å². The SMILES string of the molecule is C#Cc1cccn2ncc(C(N)C#N)c12. The molecule has 0 fully saturated rings. The Kier molecular flexibility index (Phi) is 2.13. The molecule has 2 aromatic rings. The lowest BCUT2D eigenvalue weighted by Crippen LogP contribution is -2.07. The number of hydrogen-bond donors (Lipinski definition) is 1. The van der Waals surface area contributed by atoms with E-state index in [0.29, 0.717) is 11.1 Å². The highest BCUT2D eigenvalue weighted by molar-refractivity contribution is 5.67. The fourth-order valence-electron chi connectivity index (χ4n) is 1.48. The molecule has 15 heavy (non-hydrogen) atoms. The second-order valence-electron chi connectivity index (χ2n) is 3.07. The first kappa shape index (κ1) is 9.26. The van der Waals surface area contributed by atoms with Gasteiger partial charge >= 0.3 is 0 Å². The third-order valence-corrected chi connectivity index (χ3v) is 2.20. The van der Waals surface area contributed by atoms with Gasteiger partial charge in [-0.15, -0.1) is 6.42 Å². The Morgan fingerprint density at radius 3 is 3.07 bits per heavy atom. The van der Waals surface area contributed by atoms with Crippen molar-refractivity contribution >= 4 is 5.52 Å². The molecule has 4 nitrogen and oxygen atoms in total. The standard InChI is InChI=1S/C11H8N4/c1-2-8-4-3-5-15-11(8)9(7-14-15)10(13)6-12/h1,3-5,7,10H,13H2. The summed E-state index contributed by atoms with van der Waals surface area (Å²) >= 11 is 0. The third-order valence-electron chi connectivity index (χ3n) is 2.20. The van der Waals surface area contributed by atoms with Crippen LogP contribution in [0.1, 0.15) is 17.2 Å². The van der Waals surface area contributed by atoms with E-state index in [1.807, 2.05) is 6.07 Å². The van der Waals surface area contributed by atoms with E-state index in [-0.39, 0.29) is 0 Å². The minimum absolute atomic E-state index is 0.658. The second-order valence-corrected chi connectivity index (χ2v) is 3.07. The molecule has 0 bridgehead atoms. The molecule has 0 saturated carbocycles. The molecule has 2 heterocycles. The first-order valence-corrected chi connectivity index (χ1v) is 4.36. The van der Waals surface area contributed by atoms with Crippen molar-refractivity contribution < 1.29 is 0 Å². The number of fused-ring (bicyclic) bond motifs is 1. The van der Waals surface area contributed by atoms with Crippen molar-refractivity contribution in [3.05, 3.63) is 35.7 Å². The lowest BCUT2D eigenvalue weighted by atomic mass is 10.1. The first-order chi connectivity index (χ1) is 7.27. The summed E-state index contributed by atoms with van der Waals surface area (Å²) in [7, 11) is 0. The van der Waals surface area contributed by atoms with Crippen LogP contribution in [0.5, 0.6) is 0 Å². The van der Waals surface area contributed by atoms with E-state index in [4.69, 9.17) is 17.4 Å². The van der Waals surface area contributed by atoms with E-state index in [1.165, 1.54) is 0 Å². The van der Waals surface area contributed by atoms with Crippen molar-refractivity contribution in [2.45, 2.75) is 6.04 Å². The molecule has 0 saturated heterocycles. The molecule has 0 aromatic carbocycles. The summed E-state index contributed by atoms with van der Waals surface area (Å²) in [6.07, 6.45) is 8.71. The molecule has 0 spiro atoms. The molecule has 0 aliphatic rings. The number of terminal acetylenes is 1. The van der Waals surface area contributed by atoms with E-state index in [0.717, 1.165) is 5.52 Å². The van der Waals surface area contributed by atoms with Crippen LogP contribution in [0.15, 0.2) is 24.5 Å². The minimum Gasteiger partial charge on any atom is -0.312 e. The number of pyridine rings is 1. The third kappa shape index (κ3) is 1.34. The Bertz CT molecular complexity index is 583. The Hall–Kier alpha value is -2.30. The molecule has 2 aromatic heterocycles. The number of rotatable bonds is 1. The molecule has 2 rings (SSSR count). The zero-order chi connectivity index (χ0) is 10.8. The molecule has 0 amide bonds. The van der Waals surface area contributed by atoms with Crippen molar-refractivity contribution in [3.8, 4) is 18.4 Å². The van der Waals surface area contributed by atoms with Crippen molar-refractivity contribution in [2.75, 3.05) is 0 Å². The molecule has 0 aliphatic carbocycles. The van der Waals surface area contributed by atoms with Gasteiger partial charge in [-0.3, -0.25) is 0 Å². The Morgan fingerprint density at radius 1 is 1.60 bits per heavy atom. The summed E-state index contributed by atoms with van der Waals surface area (Å²) in [5.41, 5.74) is 7.72. The van der Waals surface area contributed by atoms with Crippen LogP contribution in [0.3, 0.4) is 0 Å². The molecule has 0 aliphatic heterocycles. The molecular weight excluding hydrogens is 188 g/mol. The van der Waals surface area contributed by atoms with Crippen LogP contribution in [0.25, 0.3) is 5.52 Å². The predicted molar refractivity (Wildman–Crippen MR) is 55.7 cm³/mol. The fourth-order valence-corrected chi connectivity index (χ4v) is 1.48. The zero-order valence-corrected chi connectivity index (χ0v) is 7.88. The lowest BCUT2D eigenvalue weighted by molar-refractivity contribution is 0.935. The van der Waals surface area contributed by atoms with Gasteiger partial charge in [0.25, 0.3) is 0 Å². The Balaban J connectivity index is 2.79. The van der Waals surface area contributed by atoms with Crippen LogP contribution < -0.4 is 5.73 Å². The smallest absolute Gasteiger partial charge is 0.122 e. The van der Waals surface area contributed by atoms with Gasteiger partial charge in [0.1, 0.15) is 6.04 Å². The maximum Gasteiger partial charge on any atom is 0.122 e. The van der Waals surface area contributed by atoms with Crippen molar-refractivity contribution in [3.63, 3.8) is 0 Å². The Labute approximate surface area is 86.9 Å². The number of nitriles is 1. The molecule has 1 atom stereocenters. The molecule has 72 valence electrons. The summed E-state index contributed by atoms with van der Waals surface area (Å²) < 4.78 is 1.63. The number of aromatic nitrogens is 2. The van der Waals surface area contributed by atoms with Gasteiger partial charge in [-0.1, -0.05) is 5.92 Å². The van der Waals surface area contributed by atoms with Gasteiger partial charge in [0.2, 0.25) is 0 Å². The van der Waals surface area contributed by atoms with E-state index < -0.39 is 6.04 Å². The monoisotopic (exact) mass is 196 g/mol. The average Bonchev–Trinajstić information content (AvgIpc) is 2.71. The predicted octanol–water partition coefficient (Wildman–Crippen LogP) is 0.839. The summed E-state index contributed by atoms with van der Waals surface area (Å²) in [5, 5.41) is 12.9. The number of nitrogens with zero attached hydrogens (tertiary/aromatic N) is 3. The van der Waals surface area contributed by atoms with Gasteiger partial charge in [0.15, 0.2) is 0 Å². The quantitative estimate of drug-likeness (QED) is 0.687. The lowest BCUT2D eigenvalue weighted by Gasteiger charge is -2.02. The number of hydrogen-bond acceptors (Lipinski definition) is 3. The summed E-state index contributed by atoms with van der Waals surface area (Å²) in [4.78, 5) is 0. The topological polar surface area (TPSA) is 67.1 Å². The van der Waals surface area contributed by atoms with Crippen molar-refractivity contribution in [1.29, 1.82) is 5.26 Å². The normalized spacial score (nSPS) is 11.9. The summed E-state index contributed by atoms with van der Waals surface area (Å²) in [5.74, 6) is 2.55. The van der Waals surface area contributed by atoms with Gasteiger partial charge in [0.05, 0.1) is 23.3 Å². The minimum atomic E-state index is -0.697. The fraction of sp³-hybridized carbons (Fsp3) is 0.0909. The van der Waals surface area contributed by atoms with E-state index in [1.54, 1.807) is 29.0 Å². The second kappa shape index (κ2) is 3.45. The highest BCUT2D eigenvalue weighted by Gasteiger charge is 2.13. The summed E-state index contributed by atoms with van der Waals surface area (Å²) in [6.45, 7) is 0. The van der Waals surface area contributed by atoms with Crippen LogP contribution >= 0.6 is 0 Å². The number of nitrogens with two attached hydrogens (primary N) is 1. The molecule has 2 N–H and O–H groups in total. The van der Waals surface area contributed by atoms with Crippen LogP contribution in [-0.4, -0.2) is 9.61 Å². The highest BCUT2D eigenvalue weighted by atomic mass is 15.2. The van der Waals surface area contributed by atoms with E-state index >= 15 is 0 Å². The summed E-state index contributed by atoms with van der Waals surface area (Å²) in [6, 6.07) is 4.87. The van der Waals surface area contributed by atoms with E-state index in [9.17, 15) is 0 Å². The van der Waals surface area contributed by atoms with Gasteiger partial charge < -0.3 is 5.73 Å². The average molecular weight is 196 g/mol. The Morgan fingerprint density at radius 2 is 2.40 bits per heavy atom. The van der Waals surface area contributed by atoms with Gasteiger partial charge in [0, 0.05) is 11.8 Å². The van der Waals surface area contributed by atoms with Gasteiger partial charge in [-0.05, 0) is 12.1 Å².